The summed E-state index contributed by atoms with van der Waals surface area (Å²) in [6.07, 6.45) is 1.74. The summed E-state index contributed by atoms with van der Waals surface area (Å²) in [5.74, 6) is 1.67. The third-order valence-electron chi connectivity index (χ3n) is 4.12. The molecule has 0 radical (unpaired) electrons. The van der Waals surface area contributed by atoms with E-state index in [1.165, 1.54) is 6.07 Å². The van der Waals surface area contributed by atoms with Crippen LogP contribution in [0.4, 0.5) is 11.5 Å². The molecule has 134 valence electrons. The minimum Gasteiger partial charge on any atom is -0.456 e. The minimum atomic E-state index is -0.200. The Labute approximate surface area is 155 Å². The second kappa shape index (κ2) is 7.21. The van der Waals surface area contributed by atoms with Gasteiger partial charge in [0.2, 0.25) is 0 Å². The van der Waals surface area contributed by atoms with E-state index < -0.39 is 0 Å². The summed E-state index contributed by atoms with van der Waals surface area (Å²) in [7, 11) is 0. The first-order valence-corrected chi connectivity index (χ1v) is 8.52. The van der Waals surface area contributed by atoms with Gasteiger partial charge in [-0.2, -0.15) is 0 Å². The zero-order chi connectivity index (χ0) is 18.6. The number of hydrogen-bond acceptors (Lipinski definition) is 5. The van der Waals surface area contributed by atoms with Crippen LogP contribution >= 0.6 is 0 Å². The maximum atomic E-state index is 11.9. The molecule has 0 bridgehead atoms. The Balaban J connectivity index is 1.55. The summed E-state index contributed by atoms with van der Waals surface area (Å²) in [5.41, 5.74) is 8.07. The molecule has 6 heteroatoms. The predicted molar refractivity (Wildman–Crippen MR) is 107 cm³/mol. The van der Waals surface area contributed by atoms with Crippen molar-refractivity contribution >= 4 is 22.4 Å². The molecule has 4 rings (SSSR count). The number of nitrogens with zero attached hydrogens (tertiary/aromatic N) is 1. The molecule has 27 heavy (non-hydrogen) atoms. The van der Waals surface area contributed by atoms with Crippen molar-refractivity contribution in [3.63, 3.8) is 0 Å². The number of para-hydroxylation sites is 1. The van der Waals surface area contributed by atoms with Crippen LogP contribution in [0.15, 0.2) is 77.7 Å². The lowest BCUT2D eigenvalue weighted by atomic mass is 10.2. The number of benzene rings is 2. The zero-order valence-electron chi connectivity index (χ0n) is 14.5. The van der Waals surface area contributed by atoms with Gasteiger partial charge in [0.15, 0.2) is 0 Å². The standard InChI is InChI=1S/C21H18N4O2/c22-20-9-8-14(13-24-20)12-23-15-4-3-5-16(10-15)27-19-11-21(26)25-18-7-2-1-6-17(18)19/h1-11,13,23H,12H2,(H2,22,24)(H,25,26). The molecule has 0 saturated carbocycles. The van der Waals surface area contributed by atoms with Crippen LogP contribution in [0.1, 0.15) is 5.56 Å². The molecule has 2 aromatic heterocycles. The highest BCUT2D eigenvalue weighted by atomic mass is 16.5. The van der Waals surface area contributed by atoms with E-state index in [2.05, 4.69) is 15.3 Å². The molecule has 6 nitrogen and oxygen atoms in total. The van der Waals surface area contributed by atoms with Gasteiger partial charge in [0.05, 0.1) is 5.52 Å². The van der Waals surface area contributed by atoms with E-state index >= 15 is 0 Å². The Kier molecular flexibility index (Phi) is 4.45. The quantitative estimate of drug-likeness (QED) is 0.503. The lowest BCUT2D eigenvalue weighted by molar-refractivity contribution is 0.487. The van der Waals surface area contributed by atoms with Gasteiger partial charge >= 0.3 is 0 Å². The van der Waals surface area contributed by atoms with Crippen molar-refractivity contribution in [3.05, 3.63) is 88.8 Å². The molecule has 0 amide bonds. The SMILES string of the molecule is Nc1ccc(CNc2cccc(Oc3cc(=O)[nH]c4ccccc34)c2)cn1. The number of fused-ring (bicyclic) bond motifs is 1. The average molecular weight is 358 g/mol. The summed E-state index contributed by atoms with van der Waals surface area (Å²) in [5, 5.41) is 4.18. The highest BCUT2D eigenvalue weighted by molar-refractivity contribution is 5.84. The number of nitrogen functional groups attached to an aromatic ring is 1. The summed E-state index contributed by atoms with van der Waals surface area (Å²) < 4.78 is 5.99. The molecule has 0 spiro atoms. The van der Waals surface area contributed by atoms with Crippen LogP contribution in [-0.4, -0.2) is 9.97 Å². The van der Waals surface area contributed by atoms with E-state index in [9.17, 15) is 4.79 Å². The number of H-pyrrole nitrogens is 1. The van der Waals surface area contributed by atoms with Crippen LogP contribution < -0.4 is 21.3 Å². The Bertz CT molecular complexity index is 1140. The number of anilines is 2. The van der Waals surface area contributed by atoms with E-state index in [0.717, 1.165) is 22.2 Å². The van der Waals surface area contributed by atoms with E-state index in [1.54, 1.807) is 12.3 Å². The molecule has 0 saturated heterocycles. The van der Waals surface area contributed by atoms with Crippen molar-refractivity contribution in [1.82, 2.24) is 9.97 Å². The van der Waals surface area contributed by atoms with E-state index in [-0.39, 0.29) is 5.56 Å². The van der Waals surface area contributed by atoms with Crippen molar-refractivity contribution in [2.45, 2.75) is 6.54 Å². The van der Waals surface area contributed by atoms with Crippen molar-refractivity contribution in [1.29, 1.82) is 0 Å². The number of ether oxygens (including phenoxy) is 1. The van der Waals surface area contributed by atoms with E-state index in [4.69, 9.17) is 10.5 Å². The van der Waals surface area contributed by atoms with Crippen molar-refractivity contribution < 1.29 is 4.74 Å². The smallest absolute Gasteiger partial charge is 0.252 e. The Hall–Kier alpha value is -3.80. The number of rotatable bonds is 5. The molecule has 0 aliphatic rings. The number of aromatic nitrogens is 2. The van der Waals surface area contributed by atoms with Gasteiger partial charge in [-0.3, -0.25) is 4.79 Å². The molecular weight excluding hydrogens is 340 g/mol. The normalized spacial score (nSPS) is 10.7. The monoisotopic (exact) mass is 358 g/mol. The number of nitrogens with two attached hydrogens (primary N) is 1. The van der Waals surface area contributed by atoms with Gasteiger partial charge in [0, 0.05) is 35.9 Å². The van der Waals surface area contributed by atoms with Crippen LogP contribution in [-0.2, 0) is 6.54 Å². The first-order valence-electron chi connectivity index (χ1n) is 8.52. The highest BCUT2D eigenvalue weighted by Gasteiger charge is 2.06. The Morgan fingerprint density at radius 1 is 1.04 bits per heavy atom. The fourth-order valence-corrected chi connectivity index (χ4v) is 2.80. The number of nitrogens with one attached hydrogen (secondary N) is 2. The molecule has 0 atom stereocenters. The van der Waals surface area contributed by atoms with Crippen LogP contribution in [0.2, 0.25) is 0 Å². The molecule has 0 aliphatic heterocycles. The first kappa shape index (κ1) is 16.7. The molecule has 2 aromatic carbocycles. The third-order valence-corrected chi connectivity index (χ3v) is 4.12. The maximum absolute atomic E-state index is 11.9. The molecule has 0 aliphatic carbocycles. The predicted octanol–water partition coefficient (Wildman–Crippen LogP) is 3.91. The Morgan fingerprint density at radius 3 is 2.78 bits per heavy atom. The zero-order valence-corrected chi connectivity index (χ0v) is 14.5. The lowest BCUT2D eigenvalue weighted by Crippen LogP contribution is -2.05. The van der Waals surface area contributed by atoms with Gasteiger partial charge in [-0.1, -0.05) is 24.3 Å². The average Bonchev–Trinajstić information content (AvgIpc) is 2.68. The van der Waals surface area contributed by atoms with Gasteiger partial charge in [-0.15, -0.1) is 0 Å². The summed E-state index contributed by atoms with van der Waals surface area (Å²) in [6, 6.07) is 20.3. The van der Waals surface area contributed by atoms with Crippen LogP contribution in [0.5, 0.6) is 11.5 Å². The van der Waals surface area contributed by atoms with Crippen LogP contribution in [0.25, 0.3) is 10.9 Å². The summed E-state index contributed by atoms with van der Waals surface area (Å²) >= 11 is 0. The third kappa shape index (κ3) is 3.90. The largest absolute Gasteiger partial charge is 0.456 e. The van der Waals surface area contributed by atoms with Crippen LogP contribution in [0, 0.1) is 0 Å². The summed E-state index contributed by atoms with van der Waals surface area (Å²) in [6.45, 7) is 0.616. The number of aromatic amines is 1. The molecule has 0 unspecified atom stereocenters. The molecule has 2 heterocycles. The van der Waals surface area contributed by atoms with Gasteiger partial charge in [0.25, 0.3) is 5.56 Å². The van der Waals surface area contributed by atoms with Gasteiger partial charge < -0.3 is 20.8 Å². The van der Waals surface area contributed by atoms with Gasteiger partial charge in [-0.05, 0) is 35.9 Å². The van der Waals surface area contributed by atoms with Crippen molar-refractivity contribution in [2.75, 3.05) is 11.1 Å². The van der Waals surface area contributed by atoms with Crippen LogP contribution in [0.3, 0.4) is 0 Å². The van der Waals surface area contributed by atoms with Gasteiger partial charge in [0.1, 0.15) is 17.3 Å². The minimum absolute atomic E-state index is 0.200. The molecule has 4 aromatic rings. The summed E-state index contributed by atoms with van der Waals surface area (Å²) in [4.78, 5) is 18.8. The fraction of sp³-hybridized carbons (Fsp3) is 0.0476. The van der Waals surface area contributed by atoms with E-state index in [0.29, 0.717) is 23.9 Å². The van der Waals surface area contributed by atoms with Gasteiger partial charge in [-0.25, -0.2) is 4.98 Å². The maximum Gasteiger partial charge on any atom is 0.252 e. The highest BCUT2D eigenvalue weighted by Crippen LogP contribution is 2.28. The second-order valence-corrected chi connectivity index (χ2v) is 6.12. The van der Waals surface area contributed by atoms with Crippen molar-refractivity contribution in [2.24, 2.45) is 0 Å². The van der Waals surface area contributed by atoms with Crippen molar-refractivity contribution in [3.8, 4) is 11.5 Å². The molecule has 0 fully saturated rings. The molecular formula is C21H18N4O2. The number of pyridine rings is 2. The molecule has 4 N–H and O–H groups in total. The number of hydrogen-bond donors (Lipinski definition) is 3. The lowest BCUT2D eigenvalue weighted by Gasteiger charge is -2.11. The Morgan fingerprint density at radius 2 is 1.93 bits per heavy atom. The second-order valence-electron chi connectivity index (χ2n) is 6.12. The topological polar surface area (TPSA) is 93.0 Å². The fourth-order valence-electron chi connectivity index (χ4n) is 2.80. The van der Waals surface area contributed by atoms with E-state index in [1.807, 2.05) is 54.6 Å². The first-order chi connectivity index (χ1) is 13.2.